The van der Waals surface area contributed by atoms with Gasteiger partial charge in [-0.3, -0.25) is 14.9 Å². The second kappa shape index (κ2) is 11.5. The number of hydrogen-bond donors (Lipinski definition) is 1. The summed E-state index contributed by atoms with van der Waals surface area (Å²) in [6.45, 7) is -0.509. The predicted octanol–water partition coefficient (Wildman–Crippen LogP) is 6.48. The van der Waals surface area contributed by atoms with E-state index in [9.17, 15) is 19.7 Å². The van der Waals surface area contributed by atoms with E-state index in [0.717, 1.165) is 29.5 Å². The molecule has 5 rings (SSSR count). The molecule has 10 heteroatoms. The van der Waals surface area contributed by atoms with Crippen LogP contribution in [0.5, 0.6) is 5.75 Å². The summed E-state index contributed by atoms with van der Waals surface area (Å²) in [4.78, 5) is 41.6. The van der Waals surface area contributed by atoms with Crippen LogP contribution in [0.2, 0.25) is 5.02 Å². The Morgan fingerprint density at radius 2 is 1.88 bits per heavy atom. The van der Waals surface area contributed by atoms with Crippen molar-refractivity contribution in [1.82, 2.24) is 4.98 Å². The van der Waals surface area contributed by atoms with Crippen molar-refractivity contribution in [3.8, 4) is 5.75 Å². The number of esters is 1. The van der Waals surface area contributed by atoms with E-state index < -0.39 is 23.4 Å². The molecule has 1 N–H and O–H groups in total. The third-order valence-corrected chi connectivity index (χ3v) is 6.82. The zero-order valence-corrected chi connectivity index (χ0v) is 22.2. The molecule has 1 aliphatic rings. The number of carbonyl (C=O) groups is 2. The molecule has 0 radical (unpaired) electrons. The highest BCUT2D eigenvalue weighted by Gasteiger charge is 2.26. The Hall–Kier alpha value is -4.76. The highest BCUT2D eigenvalue weighted by molar-refractivity contribution is 6.31. The van der Waals surface area contributed by atoms with Crippen molar-refractivity contribution in [1.29, 1.82) is 0 Å². The average Bonchev–Trinajstić information content (AvgIpc) is 2.95. The van der Waals surface area contributed by atoms with E-state index in [0.29, 0.717) is 45.0 Å². The molecule has 3 aromatic carbocycles. The first-order valence-corrected chi connectivity index (χ1v) is 12.9. The number of nitro groups is 1. The molecule has 202 valence electrons. The fourth-order valence-corrected chi connectivity index (χ4v) is 4.94. The maximum Gasteiger partial charge on any atom is 0.339 e. The molecule has 0 spiro atoms. The van der Waals surface area contributed by atoms with Gasteiger partial charge in [-0.2, -0.15) is 0 Å². The molecule has 1 amide bonds. The molecule has 1 heterocycles. The van der Waals surface area contributed by atoms with Crippen LogP contribution in [0.15, 0.2) is 66.7 Å². The summed E-state index contributed by atoms with van der Waals surface area (Å²) in [5.41, 5.74) is 4.52. The lowest BCUT2D eigenvalue weighted by Crippen LogP contribution is -2.22. The number of ether oxygens (including phenoxy) is 2. The van der Waals surface area contributed by atoms with Crippen molar-refractivity contribution in [3.05, 3.63) is 104 Å². The van der Waals surface area contributed by atoms with Gasteiger partial charge in [0.25, 0.3) is 11.6 Å². The van der Waals surface area contributed by atoms with E-state index in [4.69, 9.17) is 26.1 Å². The first kappa shape index (κ1) is 26.8. The summed E-state index contributed by atoms with van der Waals surface area (Å²) in [5.74, 6) is -0.745. The molecular formula is C30H24ClN3O6. The molecule has 0 saturated heterocycles. The standard InChI is InChI=1S/C30H24ClN3O6/c1-39-26-14-11-20(31)16-25(26)32-27(35)17-40-30(36)28-22-6-2-3-8-24(22)33-29-19(5-4-7-23(28)29)15-18-9-12-21(13-10-18)34(37)38/h2-3,6,8-16H,4-5,7,17H2,1H3,(H,32,35). The number of carbonyl (C=O) groups excluding carboxylic acids is 2. The van der Waals surface area contributed by atoms with Crippen LogP contribution in [-0.4, -0.2) is 35.5 Å². The number of halogens is 1. The number of allylic oxidation sites excluding steroid dienone is 1. The van der Waals surface area contributed by atoms with Gasteiger partial charge in [0.1, 0.15) is 5.75 Å². The lowest BCUT2D eigenvalue weighted by molar-refractivity contribution is -0.384. The second-order valence-corrected chi connectivity index (χ2v) is 9.61. The van der Waals surface area contributed by atoms with Gasteiger partial charge in [-0.15, -0.1) is 0 Å². The smallest absolute Gasteiger partial charge is 0.339 e. The monoisotopic (exact) mass is 557 g/mol. The number of methoxy groups -OCH3 is 1. The van der Waals surface area contributed by atoms with Crippen LogP contribution < -0.4 is 10.1 Å². The van der Waals surface area contributed by atoms with Gasteiger partial charge in [0.2, 0.25) is 0 Å². The Morgan fingerprint density at radius 1 is 1.10 bits per heavy atom. The zero-order chi connectivity index (χ0) is 28.2. The molecule has 40 heavy (non-hydrogen) atoms. The van der Waals surface area contributed by atoms with E-state index in [2.05, 4.69) is 5.32 Å². The molecule has 1 aromatic heterocycles. The minimum absolute atomic E-state index is 0.0122. The van der Waals surface area contributed by atoms with E-state index in [-0.39, 0.29) is 5.69 Å². The van der Waals surface area contributed by atoms with Gasteiger partial charge in [-0.25, -0.2) is 9.78 Å². The number of nitrogens with zero attached hydrogens (tertiary/aromatic N) is 2. The molecule has 9 nitrogen and oxygen atoms in total. The van der Waals surface area contributed by atoms with Gasteiger partial charge in [-0.1, -0.05) is 29.8 Å². The van der Waals surface area contributed by atoms with E-state index in [1.807, 2.05) is 30.3 Å². The van der Waals surface area contributed by atoms with Gasteiger partial charge < -0.3 is 14.8 Å². The Kier molecular flexibility index (Phi) is 7.75. The largest absolute Gasteiger partial charge is 0.495 e. The lowest BCUT2D eigenvalue weighted by atomic mass is 9.86. The minimum atomic E-state index is -0.625. The highest BCUT2D eigenvalue weighted by Crippen LogP contribution is 2.36. The summed E-state index contributed by atoms with van der Waals surface area (Å²) >= 11 is 6.04. The Labute approximate surface area is 234 Å². The van der Waals surface area contributed by atoms with Crippen LogP contribution in [-0.2, 0) is 16.0 Å². The number of non-ortho nitro benzene ring substituents is 1. The van der Waals surface area contributed by atoms with Crippen LogP contribution in [0.1, 0.15) is 40.0 Å². The fraction of sp³-hybridized carbons (Fsp3) is 0.167. The first-order valence-electron chi connectivity index (χ1n) is 12.5. The number of anilines is 1. The van der Waals surface area contributed by atoms with Crippen molar-refractivity contribution < 1.29 is 24.0 Å². The number of hydrogen-bond acceptors (Lipinski definition) is 7. The number of amides is 1. The second-order valence-electron chi connectivity index (χ2n) is 9.17. The summed E-state index contributed by atoms with van der Waals surface area (Å²) in [6.07, 6.45) is 4.06. The van der Waals surface area contributed by atoms with Gasteiger partial charge in [-0.05, 0) is 78.4 Å². The number of nitrogens with one attached hydrogen (secondary N) is 1. The molecule has 1 aliphatic carbocycles. The molecule has 0 bridgehead atoms. The lowest BCUT2D eigenvalue weighted by Gasteiger charge is -2.22. The normalized spacial score (nSPS) is 13.5. The minimum Gasteiger partial charge on any atom is -0.495 e. The molecule has 0 atom stereocenters. The SMILES string of the molecule is COc1ccc(Cl)cc1NC(=O)COC(=O)c1c2c(nc3ccccc13)C(=Cc1ccc([N+](=O)[O-])cc1)CCC2. The number of aromatic nitrogens is 1. The predicted molar refractivity (Wildman–Crippen MR) is 153 cm³/mol. The molecule has 0 unspecified atom stereocenters. The maximum absolute atomic E-state index is 13.5. The first-order chi connectivity index (χ1) is 19.3. The van der Waals surface area contributed by atoms with Gasteiger partial charge in [0.15, 0.2) is 6.61 Å². The van der Waals surface area contributed by atoms with Gasteiger partial charge in [0.05, 0.1) is 34.5 Å². The van der Waals surface area contributed by atoms with Gasteiger partial charge >= 0.3 is 5.97 Å². The zero-order valence-electron chi connectivity index (χ0n) is 21.5. The summed E-state index contributed by atoms with van der Waals surface area (Å²) in [7, 11) is 1.47. The van der Waals surface area contributed by atoms with Crippen molar-refractivity contribution >= 4 is 57.4 Å². The molecule has 0 saturated carbocycles. The number of benzene rings is 3. The Morgan fingerprint density at radius 3 is 2.62 bits per heavy atom. The number of para-hydroxylation sites is 1. The third kappa shape index (κ3) is 5.64. The van der Waals surface area contributed by atoms with E-state index >= 15 is 0 Å². The topological polar surface area (TPSA) is 121 Å². The van der Waals surface area contributed by atoms with Crippen molar-refractivity contribution in [2.75, 3.05) is 19.0 Å². The fourth-order valence-electron chi connectivity index (χ4n) is 4.77. The van der Waals surface area contributed by atoms with E-state index in [1.165, 1.54) is 19.2 Å². The van der Waals surface area contributed by atoms with Crippen LogP contribution in [0.3, 0.4) is 0 Å². The molecule has 4 aromatic rings. The molecule has 0 fully saturated rings. The average molecular weight is 558 g/mol. The van der Waals surface area contributed by atoms with Crippen molar-refractivity contribution in [3.63, 3.8) is 0 Å². The van der Waals surface area contributed by atoms with Gasteiger partial charge in [0, 0.05) is 22.5 Å². The van der Waals surface area contributed by atoms with Crippen LogP contribution in [0.4, 0.5) is 11.4 Å². The highest BCUT2D eigenvalue weighted by atomic mass is 35.5. The van der Waals surface area contributed by atoms with E-state index in [1.54, 1.807) is 30.3 Å². The Bertz CT molecular complexity index is 1670. The number of nitro benzene ring substituents is 1. The Balaban J connectivity index is 1.44. The number of pyridine rings is 1. The van der Waals surface area contributed by atoms with Crippen LogP contribution in [0, 0.1) is 10.1 Å². The summed E-state index contributed by atoms with van der Waals surface area (Å²) in [6, 6.07) is 18.4. The van der Waals surface area contributed by atoms with Crippen LogP contribution >= 0.6 is 11.6 Å². The molecular weight excluding hydrogens is 534 g/mol. The molecule has 0 aliphatic heterocycles. The van der Waals surface area contributed by atoms with Crippen molar-refractivity contribution in [2.45, 2.75) is 19.3 Å². The summed E-state index contributed by atoms with van der Waals surface area (Å²) in [5, 5.41) is 14.7. The number of fused-ring (bicyclic) bond motifs is 2. The quantitative estimate of drug-likeness (QED) is 0.157. The third-order valence-electron chi connectivity index (χ3n) is 6.59. The van der Waals surface area contributed by atoms with Crippen molar-refractivity contribution in [2.24, 2.45) is 0 Å². The van der Waals surface area contributed by atoms with Crippen LogP contribution in [0.25, 0.3) is 22.6 Å². The maximum atomic E-state index is 13.5. The summed E-state index contributed by atoms with van der Waals surface area (Å²) < 4.78 is 10.7. The number of rotatable bonds is 7.